The number of rotatable bonds is 8. The Kier molecular flexibility index (Phi) is 6.41. The Balaban J connectivity index is 3.18. The Labute approximate surface area is 120 Å². The molecule has 3 N–H and O–H groups in total. The lowest BCUT2D eigenvalue weighted by atomic mass is 10.1. The molecular weight excluding hydrogens is 256 g/mol. The number of pyridine rings is 1. The maximum absolute atomic E-state index is 7.78. The quantitative estimate of drug-likeness (QED) is 0.551. The van der Waals surface area contributed by atoms with Crippen LogP contribution in [0.5, 0.6) is 0 Å². The molecule has 0 amide bonds. The van der Waals surface area contributed by atoms with Gasteiger partial charge in [0.25, 0.3) is 0 Å². The zero-order valence-corrected chi connectivity index (χ0v) is 12.6. The van der Waals surface area contributed by atoms with Crippen molar-refractivity contribution in [1.82, 2.24) is 4.98 Å². The number of methoxy groups -OCH3 is 2. The van der Waals surface area contributed by atoms with Crippen molar-refractivity contribution >= 4 is 11.7 Å². The van der Waals surface area contributed by atoms with Crippen LogP contribution in [0.3, 0.4) is 0 Å². The number of nitrogens with zero attached hydrogens (tertiary/aromatic N) is 2. The summed E-state index contributed by atoms with van der Waals surface area (Å²) in [6, 6.07) is 1.97. The predicted molar refractivity (Wildman–Crippen MR) is 80.6 cm³/mol. The van der Waals surface area contributed by atoms with E-state index in [1.165, 1.54) is 0 Å². The Morgan fingerprint density at radius 3 is 2.70 bits per heavy atom. The highest BCUT2D eigenvalue weighted by molar-refractivity contribution is 6.01. The molecule has 0 fully saturated rings. The number of nitrogens with two attached hydrogens (primary N) is 1. The summed E-state index contributed by atoms with van der Waals surface area (Å²) in [5.74, 6) is 0.733. The Bertz CT molecular complexity index is 451. The van der Waals surface area contributed by atoms with Crippen LogP contribution in [0, 0.1) is 12.3 Å². The van der Waals surface area contributed by atoms with E-state index in [1.54, 1.807) is 20.4 Å². The van der Waals surface area contributed by atoms with Crippen LogP contribution in [0.2, 0.25) is 0 Å². The first kappa shape index (κ1) is 16.4. The molecule has 6 nitrogen and oxygen atoms in total. The normalized spacial score (nSPS) is 12.2. The average molecular weight is 280 g/mol. The zero-order valence-electron chi connectivity index (χ0n) is 12.6. The third-order valence-electron chi connectivity index (χ3n) is 3.16. The first-order valence-corrected chi connectivity index (χ1v) is 6.57. The molecule has 0 radical (unpaired) electrons. The van der Waals surface area contributed by atoms with Crippen molar-refractivity contribution in [3.63, 3.8) is 0 Å². The van der Waals surface area contributed by atoms with Crippen LogP contribution in [-0.4, -0.2) is 50.8 Å². The smallest absolute Gasteiger partial charge is 0.140 e. The molecule has 1 heterocycles. The number of nitrogens with one attached hydrogen (secondary N) is 1. The van der Waals surface area contributed by atoms with Crippen molar-refractivity contribution in [2.24, 2.45) is 5.73 Å². The maximum atomic E-state index is 7.78. The van der Waals surface area contributed by atoms with E-state index < -0.39 is 0 Å². The van der Waals surface area contributed by atoms with E-state index in [2.05, 4.69) is 9.88 Å². The lowest BCUT2D eigenvalue weighted by Gasteiger charge is -2.31. The standard InChI is InChI=1S/C14H24N4O2/c1-10-5-6-17-14(12(10)13(15)16)18(7-8-19-3)11(2)9-20-4/h5-6,11H,7-9H2,1-4H3,(H3,15,16). The minimum Gasteiger partial charge on any atom is -0.384 e. The van der Waals surface area contributed by atoms with Gasteiger partial charge in [0.1, 0.15) is 11.7 Å². The van der Waals surface area contributed by atoms with Crippen molar-refractivity contribution < 1.29 is 9.47 Å². The largest absolute Gasteiger partial charge is 0.384 e. The SMILES string of the molecule is COCCN(c1nccc(C)c1C(=N)N)C(C)COC. The van der Waals surface area contributed by atoms with Gasteiger partial charge in [-0.3, -0.25) is 5.41 Å². The molecule has 1 rings (SSSR count). The molecule has 1 aromatic heterocycles. The molecule has 0 aromatic carbocycles. The summed E-state index contributed by atoms with van der Waals surface area (Å²) in [6.07, 6.45) is 1.73. The van der Waals surface area contributed by atoms with Crippen LogP contribution in [0.15, 0.2) is 12.3 Å². The van der Waals surface area contributed by atoms with Crippen LogP contribution in [0.4, 0.5) is 5.82 Å². The van der Waals surface area contributed by atoms with Gasteiger partial charge in [-0.2, -0.15) is 0 Å². The lowest BCUT2D eigenvalue weighted by molar-refractivity contribution is 0.170. The van der Waals surface area contributed by atoms with E-state index in [0.717, 1.165) is 5.56 Å². The minimum absolute atomic E-state index is 0.0256. The van der Waals surface area contributed by atoms with Crippen LogP contribution < -0.4 is 10.6 Å². The van der Waals surface area contributed by atoms with Crippen molar-refractivity contribution in [2.45, 2.75) is 19.9 Å². The number of hydrogen-bond acceptors (Lipinski definition) is 5. The van der Waals surface area contributed by atoms with Gasteiger partial charge in [0.2, 0.25) is 0 Å². The number of ether oxygens (including phenoxy) is 2. The molecular formula is C14H24N4O2. The minimum atomic E-state index is 0.0256. The molecule has 0 saturated carbocycles. The van der Waals surface area contributed by atoms with Gasteiger partial charge in [0.15, 0.2) is 0 Å². The van der Waals surface area contributed by atoms with Gasteiger partial charge in [-0.1, -0.05) is 0 Å². The molecule has 1 unspecified atom stereocenters. The van der Waals surface area contributed by atoms with E-state index in [0.29, 0.717) is 31.1 Å². The molecule has 1 atom stereocenters. The molecule has 0 aliphatic rings. The molecule has 0 aliphatic heterocycles. The Morgan fingerprint density at radius 1 is 1.45 bits per heavy atom. The fraction of sp³-hybridized carbons (Fsp3) is 0.571. The number of aryl methyl sites for hydroxylation is 1. The second kappa shape index (κ2) is 7.81. The van der Waals surface area contributed by atoms with Crippen LogP contribution in [0.25, 0.3) is 0 Å². The van der Waals surface area contributed by atoms with E-state index in [9.17, 15) is 0 Å². The van der Waals surface area contributed by atoms with Gasteiger partial charge in [-0.05, 0) is 25.5 Å². The monoisotopic (exact) mass is 280 g/mol. The van der Waals surface area contributed by atoms with Gasteiger partial charge in [0.05, 0.1) is 24.8 Å². The zero-order chi connectivity index (χ0) is 15.1. The molecule has 0 spiro atoms. The molecule has 0 saturated heterocycles. The second-order valence-corrected chi connectivity index (χ2v) is 4.73. The fourth-order valence-corrected chi connectivity index (χ4v) is 2.15. The number of nitrogen functional groups attached to an aromatic ring is 1. The summed E-state index contributed by atoms with van der Waals surface area (Å²) in [5, 5.41) is 7.78. The topological polar surface area (TPSA) is 84.5 Å². The van der Waals surface area contributed by atoms with Gasteiger partial charge in [0, 0.05) is 27.0 Å². The molecule has 6 heteroatoms. The van der Waals surface area contributed by atoms with Gasteiger partial charge < -0.3 is 20.1 Å². The van der Waals surface area contributed by atoms with Crippen molar-refractivity contribution in [1.29, 1.82) is 5.41 Å². The highest BCUT2D eigenvalue weighted by Gasteiger charge is 2.21. The third-order valence-corrected chi connectivity index (χ3v) is 3.16. The number of amidine groups is 1. The first-order valence-electron chi connectivity index (χ1n) is 6.57. The van der Waals surface area contributed by atoms with Crippen LogP contribution in [-0.2, 0) is 9.47 Å². The summed E-state index contributed by atoms with van der Waals surface area (Å²) in [4.78, 5) is 6.48. The lowest BCUT2D eigenvalue weighted by Crippen LogP contribution is -2.40. The highest BCUT2D eigenvalue weighted by Crippen LogP contribution is 2.22. The second-order valence-electron chi connectivity index (χ2n) is 4.73. The average Bonchev–Trinajstić information content (AvgIpc) is 2.39. The van der Waals surface area contributed by atoms with Gasteiger partial charge in [-0.15, -0.1) is 0 Å². The molecule has 112 valence electrons. The molecule has 20 heavy (non-hydrogen) atoms. The maximum Gasteiger partial charge on any atom is 0.140 e. The number of aromatic nitrogens is 1. The molecule has 0 aliphatic carbocycles. The molecule has 1 aromatic rings. The van der Waals surface area contributed by atoms with E-state index >= 15 is 0 Å². The van der Waals surface area contributed by atoms with Crippen molar-refractivity contribution in [2.75, 3.05) is 38.9 Å². The summed E-state index contributed by atoms with van der Waals surface area (Å²) in [5.41, 5.74) is 7.32. The fourth-order valence-electron chi connectivity index (χ4n) is 2.15. The van der Waals surface area contributed by atoms with Crippen LogP contribution in [0.1, 0.15) is 18.1 Å². The third kappa shape index (κ3) is 3.91. The van der Waals surface area contributed by atoms with E-state index in [4.69, 9.17) is 20.6 Å². The Hall–Kier alpha value is -1.66. The van der Waals surface area contributed by atoms with E-state index in [1.807, 2.05) is 19.9 Å². The van der Waals surface area contributed by atoms with E-state index in [-0.39, 0.29) is 11.9 Å². The van der Waals surface area contributed by atoms with Crippen LogP contribution >= 0.6 is 0 Å². The summed E-state index contributed by atoms with van der Waals surface area (Å²) in [6.45, 7) is 5.78. The predicted octanol–water partition coefficient (Wildman–Crippen LogP) is 1.16. The molecule has 0 bridgehead atoms. The summed E-state index contributed by atoms with van der Waals surface area (Å²) < 4.78 is 10.4. The summed E-state index contributed by atoms with van der Waals surface area (Å²) in [7, 11) is 3.33. The summed E-state index contributed by atoms with van der Waals surface area (Å²) >= 11 is 0. The van der Waals surface area contributed by atoms with Crippen molar-refractivity contribution in [3.8, 4) is 0 Å². The highest BCUT2D eigenvalue weighted by atomic mass is 16.5. The van der Waals surface area contributed by atoms with Gasteiger partial charge in [-0.25, -0.2) is 4.98 Å². The number of hydrogen-bond donors (Lipinski definition) is 2. The Morgan fingerprint density at radius 2 is 2.15 bits per heavy atom. The van der Waals surface area contributed by atoms with Crippen molar-refractivity contribution in [3.05, 3.63) is 23.4 Å². The van der Waals surface area contributed by atoms with Gasteiger partial charge >= 0.3 is 0 Å². The number of anilines is 1. The first-order chi connectivity index (χ1) is 9.52.